The third-order valence-corrected chi connectivity index (χ3v) is 10.5. The first kappa shape index (κ1) is 29.4. The first-order valence-corrected chi connectivity index (χ1v) is 21.2. The number of ether oxygens (including phenoxy) is 2. The average Bonchev–Trinajstić information content (AvgIpc) is 2.69. The van der Waals surface area contributed by atoms with Crippen LogP contribution < -0.4 is 9.47 Å². The Morgan fingerprint density at radius 1 is 0.636 bits per heavy atom. The second-order valence-corrected chi connectivity index (χ2v) is 27.5. The lowest BCUT2D eigenvalue weighted by Gasteiger charge is -2.27. The Labute approximate surface area is 228 Å². The van der Waals surface area contributed by atoms with Crippen LogP contribution in [0.15, 0.2) is 48.5 Å². The molecule has 2 rings (SSSR count). The highest BCUT2D eigenvalue weighted by Crippen LogP contribution is 2.34. The fraction of sp³-hybridized carbons (Fsp3) is 0.478. The molecule has 0 amide bonds. The van der Waals surface area contributed by atoms with E-state index in [-0.39, 0.29) is 17.3 Å². The molecule has 2 aromatic rings. The van der Waals surface area contributed by atoms with Gasteiger partial charge in [-0.3, -0.25) is 0 Å². The molecule has 0 N–H and O–H groups in total. The van der Waals surface area contributed by atoms with Crippen LogP contribution in [0.3, 0.4) is 0 Å². The van der Waals surface area contributed by atoms with Gasteiger partial charge in [0.15, 0.2) is 0 Å². The maximum absolute atomic E-state index is 6.00. The molecule has 0 heterocycles. The van der Waals surface area contributed by atoms with E-state index < -0.39 is 12.0 Å². The topological polar surface area (TPSA) is 18.5 Å². The minimum Gasteiger partial charge on any atom is -0.493 e. The number of benzene rings is 2. The SMILES string of the molecule is CC(COc1ccc(C(C)(C)c2ccc(OCC(C)C[Si](Cl)(Cl)Cl)cc2)cc1)C[Si](Cl)(Cl)Cl. The summed E-state index contributed by atoms with van der Waals surface area (Å²) < 4.78 is 11.8. The lowest BCUT2D eigenvalue weighted by Crippen LogP contribution is -2.20. The smallest absolute Gasteiger partial charge is 0.341 e. The molecule has 184 valence electrons. The Kier molecular flexibility index (Phi) is 11.1. The highest BCUT2D eigenvalue weighted by atomic mass is 35.8. The Hall–Kier alpha value is 0.214. The first-order valence-electron chi connectivity index (χ1n) is 10.8. The summed E-state index contributed by atoms with van der Waals surface area (Å²) in [7, 11) is 0. The summed E-state index contributed by atoms with van der Waals surface area (Å²) in [4.78, 5) is 0. The van der Waals surface area contributed by atoms with E-state index in [1.54, 1.807) is 0 Å². The fourth-order valence-electron chi connectivity index (χ4n) is 3.49. The van der Waals surface area contributed by atoms with Crippen molar-refractivity contribution in [2.24, 2.45) is 11.8 Å². The highest BCUT2D eigenvalue weighted by molar-refractivity contribution is 7.65. The van der Waals surface area contributed by atoms with Gasteiger partial charge in [0, 0.05) is 5.41 Å². The molecule has 10 heteroatoms. The Balaban J connectivity index is 1.96. The first-order chi connectivity index (χ1) is 15.2. The van der Waals surface area contributed by atoms with Gasteiger partial charge < -0.3 is 9.47 Å². The van der Waals surface area contributed by atoms with E-state index in [2.05, 4.69) is 38.1 Å². The van der Waals surface area contributed by atoms with Crippen LogP contribution in [0, 0.1) is 11.8 Å². The van der Waals surface area contributed by atoms with Crippen LogP contribution in [0.2, 0.25) is 12.1 Å². The van der Waals surface area contributed by atoms with Gasteiger partial charge in [0.05, 0.1) is 13.2 Å². The predicted molar refractivity (Wildman–Crippen MR) is 151 cm³/mol. The zero-order valence-corrected chi connectivity index (χ0v) is 25.7. The number of hydrogen-bond acceptors (Lipinski definition) is 2. The van der Waals surface area contributed by atoms with Crippen molar-refractivity contribution in [2.45, 2.75) is 45.2 Å². The normalized spacial score (nSPS) is 14.6. The average molecular weight is 607 g/mol. The van der Waals surface area contributed by atoms with Crippen molar-refractivity contribution in [3.05, 3.63) is 59.7 Å². The fourth-order valence-corrected chi connectivity index (χ4v) is 10.0. The monoisotopic (exact) mass is 604 g/mol. The van der Waals surface area contributed by atoms with Crippen molar-refractivity contribution in [1.29, 1.82) is 0 Å². The van der Waals surface area contributed by atoms with E-state index in [4.69, 9.17) is 75.9 Å². The highest BCUT2D eigenvalue weighted by Gasteiger charge is 2.29. The minimum atomic E-state index is -2.64. The molecule has 33 heavy (non-hydrogen) atoms. The van der Waals surface area contributed by atoms with E-state index in [0.717, 1.165) is 11.5 Å². The summed E-state index contributed by atoms with van der Waals surface area (Å²) in [5, 5.41) is 0. The second-order valence-electron chi connectivity index (χ2n) is 9.14. The van der Waals surface area contributed by atoms with Crippen molar-refractivity contribution in [2.75, 3.05) is 13.2 Å². The molecule has 0 aromatic heterocycles. The van der Waals surface area contributed by atoms with Crippen molar-refractivity contribution < 1.29 is 9.47 Å². The summed E-state index contributed by atoms with van der Waals surface area (Å²) in [6.45, 7) is 9.49. The summed E-state index contributed by atoms with van der Waals surface area (Å²) in [5.74, 6) is 1.99. The van der Waals surface area contributed by atoms with Gasteiger partial charge in [-0.15, -0.1) is 66.5 Å². The Morgan fingerprint density at radius 3 is 1.21 bits per heavy atom. The van der Waals surface area contributed by atoms with Gasteiger partial charge in [-0.2, -0.15) is 0 Å². The van der Waals surface area contributed by atoms with Crippen molar-refractivity contribution in [3.8, 4) is 11.5 Å². The molecular weight excluding hydrogens is 577 g/mol. The number of hydrogen-bond donors (Lipinski definition) is 0. The molecule has 0 aliphatic rings. The molecule has 2 aromatic carbocycles. The van der Waals surface area contributed by atoms with Crippen molar-refractivity contribution in [1.82, 2.24) is 0 Å². The molecule has 0 bridgehead atoms. The van der Waals surface area contributed by atoms with E-state index in [9.17, 15) is 0 Å². The molecule has 0 saturated carbocycles. The van der Waals surface area contributed by atoms with Crippen molar-refractivity contribution in [3.63, 3.8) is 0 Å². The Bertz CT molecular complexity index is 793. The lowest BCUT2D eigenvalue weighted by molar-refractivity contribution is 0.270. The van der Waals surface area contributed by atoms with Gasteiger partial charge in [0.2, 0.25) is 0 Å². The van der Waals surface area contributed by atoms with E-state index in [0.29, 0.717) is 25.3 Å². The molecule has 0 saturated heterocycles. The zero-order chi connectivity index (χ0) is 24.9. The predicted octanol–water partition coefficient (Wildman–Crippen LogP) is 9.35. The maximum Gasteiger partial charge on any atom is 0.341 e. The molecule has 2 nitrogen and oxygen atoms in total. The molecule has 0 fully saturated rings. The van der Waals surface area contributed by atoms with E-state index in [1.807, 2.05) is 38.1 Å². The lowest BCUT2D eigenvalue weighted by atomic mass is 9.78. The number of rotatable bonds is 12. The van der Waals surface area contributed by atoms with Gasteiger partial charge in [0.25, 0.3) is 0 Å². The number of halogens is 6. The van der Waals surface area contributed by atoms with Crippen LogP contribution in [-0.2, 0) is 5.41 Å². The van der Waals surface area contributed by atoms with E-state index >= 15 is 0 Å². The standard InChI is InChI=1S/C23H30Cl6O2Si2/c1-17(15-32(24,25)26)13-30-21-9-5-19(6-10-21)23(3,4)20-7-11-22(12-8-20)31-14-18(2)16-33(27,28)29/h5-12,17-18H,13-16H2,1-4H3. The van der Waals surface area contributed by atoms with Crippen LogP contribution in [0.25, 0.3) is 0 Å². The molecule has 0 aliphatic heterocycles. The van der Waals surface area contributed by atoms with Crippen LogP contribution in [0.5, 0.6) is 11.5 Å². The van der Waals surface area contributed by atoms with Gasteiger partial charge in [-0.25, -0.2) is 0 Å². The van der Waals surface area contributed by atoms with Gasteiger partial charge in [0.1, 0.15) is 11.5 Å². The third kappa shape index (κ3) is 10.8. The molecular formula is C23H30Cl6O2Si2. The molecule has 0 radical (unpaired) electrons. The molecule has 0 spiro atoms. The minimum absolute atomic E-state index is 0.181. The largest absolute Gasteiger partial charge is 0.493 e. The second kappa shape index (κ2) is 12.4. The summed E-state index contributed by atoms with van der Waals surface area (Å²) in [5.41, 5.74) is 2.19. The summed E-state index contributed by atoms with van der Waals surface area (Å²) >= 11 is 36.0. The van der Waals surface area contributed by atoms with Crippen LogP contribution in [-0.4, -0.2) is 25.2 Å². The maximum atomic E-state index is 6.00. The summed E-state index contributed by atoms with van der Waals surface area (Å²) in [6, 6.07) is 12.2. The Morgan fingerprint density at radius 2 is 0.939 bits per heavy atom. The van der Waals surface area contributed by atoms with Crippen LogP contribution in [0.4, 0.5) is 0 Å². The third-order valence-electron chi connectivity index (χ3n) is 5.38. The zero-order valence-electron chi connectivity index (χ0n) is 19.2. The van der Waals surface area contributed by atoms with Gasteiger partial charge >= 0.3 is 12.0 Å². The summed E-state index contributed by atoms with van der Waals surface area (Å²) in [6.07, 6.45) is 0. The van der Waals surface area contributed by atoms with Gasteiger partial charge in [-0.1, -0.05) is 52.0 Å². The molecule has 2 unspecified atom stereocenters. The quantitative estimate of drug-likeness (QED) is 0.177. The molecule has 2 atom stereocenters. The van der Waals surface area contributed by atoms with Crippen LogP contribution >= 0.6 is 66.5 Å². The van der Waals surface area contributed by atoms with Crippen LogP contribution in [0.1, 0.15) is 38.8 Å². The molecule has 0 aliphatic carbocycles. The van der Waals surface area contributed by atoms with E-state index in [1.165, 1.54) is 11.1 Å². The van der Waals surface area contributed by atoms with Crippen molar-refractivity contribution >= 4 is 78.5 Å². The van der Waals surface area contributed by atoms with Gasteiger partial charge in [-0.05, 0) is 59.3 Å².